The average molecular weight is 224 g/mol. The van der Waals surface area contributed by atoms with Crippen LogP contribution in [0.2, 0.25) is 0 Å². The Morgan fingerprint density at radius 1 is 1.56 bits per heavy atom. The van der Waals surface area contributed by atoms with Gasteiger partial charge in [-0.15, -0.1) is 0 Å². The number of aromatic carboxylic acids is 1. The van der Waals surface area contributed by atoms with Crippen LogP contribution in [-0.4, -0.2) is 28.8 Å². The molecule has 0 aliphatic carbocycles. The number of nitrogen functional groups attached to an aromatic ring is 1. The van der Waals surface area contributed by atoms with E-state index in [9.17, 15) is 4.79 Å². The molecule has 5 nitrogen and oxygen atoms in total. The lowest BCUT2D eigenvalue weighted by molar-refractivity contribution is 0.0698. The fraction of sp³-hybridized carbons (Fsp3) is 0.364. The predicted octanol–water partition coefficient (Wildman–Crippen LogP) is 1.07. The van der Waals surface area contributed by atoms with Gasteiger partial charge in [0.2, 0.25) is 0 Å². The van der Waals surface area contributed by atoms with E-state index in [1.54, 1.807) is 19.9 Å². The average Bonchev–Trinajstić information content (AvgIpc) is 2.19. The van der Waals surface area contributed by atoms with Gasteiger partial charge < -0.3 is 21.3 Å². The summed E-state index contributed by atoms with van der Waals surface area (Å²) in [5.41, 5.74) is 7.35. The smallest absolute Gasteiger partial charge is 0.337 e. The van der Waals surface area contributed by atoms with Gasteiger partial charge in [-0.1, -0.05) is 0 Å². The van der Waals surface area contributed by atoms with Gasteiger partial charge in [0.05, 0.1) is 11.7 Å². The van der Waals surface area contributed by atoms with Crippen LogP contribution in [-0.2, 0) is 0 Å². The number of hydrogen-bond donors (Lipinski definition) is 4. The maximum atomic E-state index is 10.9. The molecular formula is C11H16N2O3. The van der Waals surface area contributed by atoms with E-state index >= 15 is 0 Å². The minimum absolute atomic E-state index is 0.0769. The summed E-state index contributed by atoms with van der Waals surface area (Å²) >= 11 is 0. The molecule has 0 saturated heterocycles. The van der Waals surface area contributed by atoms with Gasteiger partial charge in [-0.3, -0.25) is 0 Å². The van der Waals surface area contributed by atoms with Crippen LogP contribution >= 0.6 is 0 Å². The Morgan fingerprint density at radius 2 is 2.19 bits per heavy atom. The van der Waals surface area contributed by atoms with Crippen LogP contribution in [0.1, 0.15) is 22.8 Å². The number of rotatable bonds is 4. The quantitative estimate of drug-likeness (QED) is 0.574. The lowest BCUT2D eigenvalue weighted by Gasteiger charge is -2.12. The third kappa shape index (κ3) is 2.87. The zero-order valence-corrected chi connectivity index (χ0v) is 9.32. The molecule has 0 amide bonds. The lowest BCUT2D eigenvalue weighted by atomic mass is 10.1. The topological polar surface area (TPSA) is 95.6 Å². The normalized spacial score (nSPS) is 12.2. The number of nitrogens with two attached hydrogens (primary N) is 1. The third-order valence-electron chi connectivity index (χ3n) is 2.22. The molecule has 0 aliphatic rings. The minimum atomic E-state index is -1.05. The summed E-state index contributed by atoms with van der Waals surface area (Å²) in [7, 11) is 0. The van der Waals surface area contributed by atoms with Crippen LogP contribution < -0.4 is 11.1 Å². The first-order valence-corrected chi connectivity index (χ1v) is 4.97. The molecule has 0 aromatic heterocycles. The summed E-state index contributed by atoms with van der Waals surface area (Å²) in [6, 6.07) is 3.22. The Balaban J connectivity index is 3.00. The van der Waals surface area contributed by atoms with Crippen LogP contribution in [0.15, 0.2) is 12.1 Å². The highest BCUT2D eigenvalue weighted by molar-refractivity contribution is 5.95. The number of carboxylic acids is 1. The number of aliphatic hydroxyl groups is 1. The van der Waals surface area contributed by atoms with Gasteiger partial charge in [-0.2, -0.15) is 0 Å². The summed E-state index contributed by atoms with van der Waals surface area (Å²) in [6.45, 7) is 3.76. The molecule has 0 spiro atoms. The number of hydrogen-bond acceptors (Lipinski definition) is 4. The number of aryl methyl sites for hydroxylation is 1. The first kappa shape index (κ1) is 12.3. The van der Waals surface area contributed by atoms with Crippen molar-refractivity contribution in [1.82, 2.24) is 0 Å². The van der Waals surface area contributed by atoms with Crippen molar-refractivity contribution in [2.45, 2.75) is 20.0 Å². The number of anilines is 2. The van der Waals surface area contributed by atoms with Gasteiger partial charge in [0.25, 0.3) is 0 Å². The zero-order valence-electron chi connectivity index (χ0n) is 9.32. The number of benzene rings is 1. The molecule has 5 N–H and O–H groups in total. The van der Waals surface area contributed by atoms with Gasteiger partial charge in [-0.05, 0) is 31.5 Å². The number of nitrogens with one attached hydrogen (secondary N) is 1. The second kappa shape index (κ2) is 4.85. The first-order chi connectivity index (χ1) is 7.41. The maximum absolute atomic E-state index is 10.9. The van der Waals surface area contributed by atoms with Gasteiger partial charge in [0.1, 0.15) is 0 Å². The largest absolute Gasteiger partial charge is 0.478 e. The van der Waals surface area contributed by atoms with Crippen molar-refractivity contribution < 1.29 is 15.0 Å². The monoisotopic (exact) mass is 224 g/mol. The van der Waals surface area contributed by atoms with Crippen molar-refractivity contribution in [1.29, 1.82) is 0 Å². The summed E-state index contributed by atoms with van der Waals surface area (Å²) in [5.74, 6) is -1.05. The zero-order chi connectivity index (χ0) is 12.3. The Morgan fingerprint density at radius 3 is 2.69 bits per heavy atom. The van der Waals surface area contributed by atoms with Gasteiger partial charge in [0, 0.05) is 17.9 Å². The molecule has 1 rings (SSSR count). The van der Waals surface area contributed by atoms with Crippen LogP contribution in [0.4, 0.5) is 11.4 Å². The summed E-state index contributed by atoms with van der Waals surface area (Å²) in [5, 5.41) is 21.0. The molecule has 0 fully saturated rings. The Hall–Kier alpha value is -1.75. The van der Waals surface area contributed by atoms with Crippen molar-refractivity contribution in [3.05, 3.63) is 23.3 Å². The van der Waals surface area contributed by atoms with Crippen LogP contribution in [0.25, 0.3) is 0 Å². The molecule has 1 atom stereocenters. The fourth-order valence-corrected chi connectivity index (χ4v) is 1.34. The fourth-order valence-electron chi connectivity index (χ4n) is 1.34. The summed E-state index contributed by atoms with van der Waals surface area (Å²) < 4.78 is 0. The molecule has 16 heavy (non-hydrogen) atoms. The molecule has 0 bridgehead atoms. The van der Waals surface area contributed by atoms with Crippen LogP contribution in [0.5, 0.6) is 0 Å². The Kier molecular flexibility index (Phi) is 3.73. The predicted molar refractivity (Wildman–Crippen MR) is 62.7 cm³/mol. The van der Waals surface area contributed by atoms with Crippen LogP contribution in [0.3, 0.4) is 0 Å². The Labute approximate surface area is 93.9 Å². The Bertz CT molecular complexity index is 402. The van der Waals surface area contributed by atoms with E-state index in [0.717, 1.165) is 0 Å². The molecule has 0 aliphatic heterocycles. The highest BCUT2D eigenvalue weighted by Gasteiger charge is 2.11. The summed E-state index contributed by atoms with van der Waals surface area (Å²) in [4.78, 5) is 10.9. The van der Waals surface area contributed by atoms with E-state index in [-0.39, 0.29) is 11.3 Å². The molecular weight excluding hydrogens is 208 g/mol. The number of carbonyl (C=O) groups is 1. The highest BCUT2D eigenvalue weighted by Crippen LogP contribution is 2.22. The summed E-state index contributed by atoms with van der Waals surface area (Å²) in [6.07, 6.45) is -0.494. The van der Waals surface area contributed by atoms with E-state index in [0.29, 0.717) is 17.8 Å². The minimum Gasteiger partial charge on any atom is -0.478 e. The van der Waals surface area contributed by atoms with E-state index in [1.807, 2.05) is 0 Å². The lowest BCUT2D eigenvalue weighted by Crippen LogP contribution is -2.16. The molecule has 0 radical (unpaired) electrons. The standard InChI is InChI=1S/C11H16N2O3/c1-6-3-8(13-5-7(2)14)4-9(10(6)12)11(15)16/h3-4,7,13-14H,5,12H2,1-2H3,(H,15,16). The van der Waals surface area contributed by atoms with Crippen molar-refractivity contribution >= 4 is 17.3 Å². The maximum Gasteiger partial charge on any atom is 0.337 e. The van der Waals surface area contributed by atoms with E-state index in [4.69, 9.17) is 15.9 Å². The van der Waals surface area contributed by atoms with Crippen molar-refractivity contribution in [2.24, 2.45) is 0 Å². The molecule has 5 heteroatoms. The molecule has 0 saturated carbocycles. The van der Waals surface area contributed by atoms with Gasteiger partial charge >= 0.3 is 5.97 Å². The second-order valence-corrected chi connectivity index (χ2v) is 3.79. The molecule has 1 aromatic rings. The van der Waals surface area contributed by atoms with E-state index in [1.165, 1.54) is 6.07 Å². The first-order valence-electron chi connectivity index (χ1n) is 4.97. The van der Waals surface area contributed by atoms with E-state index < -0.39 is 12.1 Å². The number of aliphatic hydroxyl groups excluding tert-OH is 1. The van der Waals surface area contributed by atoms with Gasteiger partial charge in [-0.25, -0.2) is 4.79 Å². The van der Waals surface area contributed by atoms with Crippen molar-refractivity contribution in [3.8, 4) is 0 Å². The third-order valence-corrected chi connectivity index (χ3v) is 2.22. The highest BCUT2D eigenvalue weighted by atomic mass is 16.4. The second-order valence-electron chi connectivity index (χ2n) is 3.79. The van der Waals surface area contributed by atoms with Gasteiger partial charge in [0.15, 0.2) is 0 Å². The number of carboxylic acid groups (broad SMARTS) is 1. The van der Waals surface area contributed by atoms with Crippen molar-refractivity contribution in [3.63, 3.8) is 0 Å². The molecule has 88 valence electrons. The SMILES string of the molecule is Cc1cc(NCC(C)O)cc(C(=O)O)c1N. The molecule has 1 unspecified atom stereocenters. The van der Waals surface area contributed by atoms with Crippen molar-refractivity contribution in [2.75, 3.05) is 17.6 Å². The molecule has 1 aromatic carbocycles. The van der Waals surface area contributed by atoms with Crippen LogP contribution in [0, 0.1) is 6.92 Å². The molecule has 0 heterocycles. The van der Waals surface area contributed by atoms with E-state index in [2.05, 4.69) is 5.32 Å².